The van der Waals surface area contributed by atoms with Crippen LogP contribution in [-0.2, 0) is 33.4 Å². The lowest BCUT2D eigenvalue weighted by atomic mass is 10.2. The number of carbonyl (C=O) groups is 4. The zero-order valence-corrected chi connectivity index (χ0v) is 50.3. The van der Waals surface area contributed by atoms with Gasteiger partial charge in [-0.3, -0.25) is 0 Å². The Bertz CT molecular complexity index is 2390. The number of methoxy groups -OCH3 is 3. The van der Waals surface area contributed by atoms with Gasteiger partial charge in [0.1, 0.15) is 37.2 Å². The molecule has 368 valence electrons. The van der Waals surface area contributed by atoms with Crippen molar-refractivity contribution < 1.29 is 62.9 Å². The van der Waals surface area contributed by atoms with Crippen molar-refractivity contribution in [1.29, 1.82) is 0 Å². The standard InChI is InChI=1S/C12H11BrO3.C11H9BrO3.C10H10BrIO3.C6H4BrIO.C5H10Si.C4H8O3/c1-4-9-7-10(13)5-6-11(9)16-8(2)12(14)15-3;1-3-8-6-9(12)4-5-10(8)15-7(2)11(13)14;1-6(10(13)14-2)15-9-4-3-7(11)5-8(9)12;7-4-1-2-6(9)5(8)3-4;1-5-6(2,3)4;1-3(5)4(6)7-2/h1,5-8H,2-3H3;1,4-7H,2H3,(H,13,14);3-6H,1-2H3;1-3,9H;1H,2-4H3;3,5H,1-2H3/t8-;7-;6-;;;3-/m000..1/s1. The van der Waals surface area contributed by atoms with Crippen LogP contribution in [0.5, 0.6) is 23.0 Å². The molecule has 4 rings (SSSR count). The number of aliphatic hydroxyl groups excluding tert-OH is 1. The molecule has 0 amide bonds. The minimum atomic E-state index is -1.10. The van der Waals surface area contributed by atoms with Crippen molar-refractivity contribution in [2.45, 2.75) is 71.8 Å². The van der Waals surface area contributed by atoms with Gasteiger partial charge < -0.3 is 43.7 Å². The summed E-state index contributed by atoms with van der Waals surface area (Å²) in [7, 11) is 2.78. The topological polar surface area (TPSA) is 184 Å². The number of carboxylic acid groups (broad SMARTS) is 1. The number of hydrogen-bond acceptors (Lipinski definition) is 12. The van der Waals surface area contributed by atoms with Gasteiger partial charge in [-0.2, -0.15) is 0 Å². The molecule has 0 radical (unpaired) electrons. The number of esters is 3. The number of hydrogen-bond donors (Lipinski definition) is 3. The maximum atomic E-state index is 11.2. The Labute approximate surface area is 460 Å². The zero-order valence-electron chi connectivity index (χ0n) is 38.7. The molecular weight excluding hydrogens is 1390 g/mol. The second-order valence-electron chi connectivity index (χ2n) is 14.0. The van der Waals surface area contributed by atoms with Crippen molar-refractivity contribution in [1.82, 2.24) is 0 Å². The molecule has 4 aromatic rings. The van der Waals surface area contributed by atoms with E-state index in [2.05, 4.69) is 160 Å². The maximum Gasteiger partial charge on any atom is 0.346 e. The highest BCUT2D eigenvalue weighted by atomic mass is 127. The van der Waals surface area contributed by atoms with Crippen LogP contribution in [0.4, 0.5) is 0 Å². The molecule has 13 nitrogen and oxygen atoms in total. The van der Waals surface area contributed by atoms with Crippen molar-refractivity contribution in [3.05, 3.63) is 109 Å². The Morgan fingerprint density at radius 3 is 1.18 bits per heavy atom. The molecule has 0 fully saturated rings. The van der Waals surface area contributed by atoms with E-state index in [4.69, 9.17) is 48.8 Å². The lowest BCUT2D eigenvalue weighted by Crippen LogP contribution is -2.25. The zero-order chi connectivity index (χ0) is 52.9. The number of phenols is 1. The highest BCUT2D eigenvalue weighted by molar-refractivity contribution is 14.1. The van der Waals surface area contributed by atoms with Gasteiger partial charge in [0, 0.05) is 17.9 Å². The van der Waals surface area contributed by atoms with Gasteiger partial charge in [-0.25, -0.2) is 19.2 Å². The summed E-state index contributed by atoms with van der Waals surface area (Å²) < 4.78 is 34.8. The molecule has 4 atom stereocenters. The van der Waals surface area contributed by atoms with Gasteiger partial charge in [0.25, 0.3) is 0 Å². The summed E-state index contributed by atoms with van der Waals surface area (Å²) in [6, 6.07) is 21.2. The molecule has 0 aliphatic carbocycles. The number of carboxylic acids is 1. The second kappa shape index (κ2) is 35.3. The van der Waals surface area contributed by atoms with E-state index in [1.807, 2.05) is 24.3 Å². The van der Waals surface area contributed by atoms with E-state index < -0.39 is 50.4 Å². The van der Waals surface area contributed by atoms with Crippen molar-refractivity contribution in [2.75, 3.05) is 21.3 Å². The summed E-state index contributed by atoms with van der Waals surface area (Å²) in [5, 5.41) is 26.0. The van der Waals surface area contributed by atoms with Gasteiger partial charge in [0.15, 0.2) is 18.3 Å². The molecule has 4 aromatic carbocycles. The van der Waals surface area contributed by atoms with Crippen LogP contribution in [0.15, 0.2) is 90.7 Å². The number of aliphatic hydroxyl groups is 1. The quantitative estimate of drug-likeness (QED) is 0.0448. The molecular formula is C48H52Br4I2O13Si. The number of halogens is 6. The van der Waals surface area contributed by atoms with Gasteiger partial charge in [-0.05, 0) is 146 Å². The molecule has 0 saturated carbocycles. The Balaban J connectivity index is 0. The Morgan fingerprint density at radius 1 is 0.574 bits per heavy atom. The molecule has 3 N–H and O–H groups in total. The van der Waals surface area contributed by atoms with E-state index >= 15 is 0 Å². The monoisotopic (exact) mass is 1430 g/mol. The number of terminal acetylenes is 3. The first-order valence-electron chi connectivity index (χ1n) is 19.3. The summed E-state index contributed by atoms with van der Waals surface area (Å²) in [5.74, 6) is 4.38. The highest BCUT2D eigenvalue weighted by Crippen LogP contribution is 2.27. The van der Waals surface area contributed by atoms with E-state index in [1.54, 1.807) is 62.4 Å². The number of ether oxygens (including phenoxy) is 6. The molecule has 0 bridgehead atoms. The number of phenolic OH excluding ortho intramolecular Hbond substituents is 1. The van der Waals surface area contributed by atoms with E-state index in [1.165, 1.54) is 35.2 Å². The highest BCUT2D eigenvalue weighted by Gasteiger charge is 2.18. The molecule has 0 aliphatic rings. The summed E-state index contributed by atoms with van der Waals surface area (Å²) in [4.78, 5) is 42.9. The minimum absolute atomic E-state index is 0.332. The van der Waals surface area contributed by atoms with Crippen LogP contribution in [0.3, 0.4) is 0 Å². The summed E-state index contributed by atoms with van der Waals surface area (Å²) in [5.41, 5.74) is 3.86. The second-order valence-corrected chi connectivity index (χ2v) is 24.8. The smallest absolute Gasteiger partial charge is 0.346 e. The largest absolute Gasteiger partial charge is 0.507 e. The molecule has 0 aliphatic heterocycles. The van der Waals surface area contributed by atoms with Crippen LogP contribution in [0.2, 0.25) is 19.6 Å². The van der Waals surface area contributed by atoms with Crippen molar-refractivity contribution in [3.8, 4) is 59.7 Å². The SMILES string of the molecule is C#C[Si](C)(C)C.C#Cc1cc(Br)ccc1O[C@@H](C)C(=O)O.C#Cc1cc(Br)ccc1O[C@@H](C)C(=O)OC.COC(=O)[C@@H](C)O.COC(=O)[C@H](C)Oc1ccc(Br)cc1I.Oc1ccc(Br)cc1I. The maximum absolute atomic E-state index is 11.2. The minimum Gasteiger partial charge on any atom is -0.507 e. The molecule has 0 unspecified atom stereocenters. The fourth-order valence-corrected chi connectivity index (χ4v) is 7.17. The van der Waals surface area contributed by atoms with Gasteiger partial charge >= 0.3 is 23.9 Å². The van der Waals surface area contributed by atoms with Crippen LogP contribution >= 0.6 is 109 Å². The van der Waals surface area contributed by atoms with Gasteiger partial charge in [0.2, 0.25) is 0 Å². The molecule has 68 heavy (non-hydrogen) atoms. The fraction of sp³-hybridized carbons (Fsp3) is 0.292. The van der Waals surface area contributed by atoms with E-state index in [0.717, 1.165) is 25.0 Å². The predicted molar refractivity (Wildman–Crippen MR) is 297 cm³/mol. The van der Waals surface area contributed by atoms with Crippen LogP contribution in [0.25, 0.3) is 0 Å². The van der Waals surface area contributed by atoms with Gasteiger partial charge in [-0.15, -0.1) is 24.8 Å². The average Bonchev–Trinajstić information content (AvgIpc) is 3.29. The summed E-state index contributed by atoms with van der Waals surface area (Å²) in [6.07, 6.45) is 12.5. The fourth-order valence-electron chi connectivity index (χ4n) is 3.71. The Kier molecular flexibility index (Phi) is 34.4. The first kappa shape index (κ1) is 66.3. The normalized spacial score (nSPS) is 11.4. The Morgan fingerprint density at radius 2 is 0.897 bits per heavy atom. The van der Waals surface area contributed by atoms with Crippen LogP contribution in [0, 0.1) is 43.8 Å². The first-order valence-corrected chi connectivity index (χ1v) is 28.2. The number of aliphatic carboxylic acids is 1. The van der Waals surface area contributed by atoms with E-state index in [-0.39, 0.29) is 5.97 Å². The molecule has 0 heterocycles. The van der Waals surface area contributed by atoms with E-state index in [0.29, 0.717) is 34.1 Å². The molecule has 0 spiro atoms. The van der Waals surface area contributed by atoms with Crippen molar-refractivity contribution >= 4 is 141 Å². The number of rotatable bonds is 10. The molecule has 0 saturated heterocycles. The average molecular weight is 1440 g/mol. The molecule has 20 heteroatoms. The number of carbonyl (C=O) groups excluding carboxylic acids is 3. The lowest BCUT2D eigenvalue weighted by Gasteiger charge is -2.13. The van der Waals surface area contributed by atoms with Gasteiger partial charge in [0.05, 0.1) is 39.6 Å². The lowest BCUT2D eigenvalue weighted by molar-refractivity contribution is -0.149. The third-order valence-electron chi connectivity index (χ3n) is 7.30. The summed E-state index contributed by atoms with van der Waals surface area (Å²) >= 11 is 17.4. The van der Waals surface area contributed by atoms with E-state index in [9.17, 15) is 19.2 Å². The number of aromatic hydroxyl groups is 1. The van der Waals surface area contributed by atoms with Gasteiger partial charge in [-0.1, -0.05) is 95.2 Å². The van der Waals surface area contributed by atoms with Crippen LogP contribution < -0.4 is 14.2 Å². The summed E-state index contributed by atoms with van der Waals surface area (Å²) in [6.45, 7) is 12.5. The van der Waals surface area contributed by atoms with Crippen LogP contribution in [0.1, 0.15) is 38.8 Å². The van der Waals surface area contributed by atoms with Crippen LogP contribution in [-0.4, -0.2) is 93.0 Å². The third-order valence-corrected chi connectivity index (χ3v) is 11.8. The Hall–Kier alpha value is -3.80. The molecule has 0 aromatic heterocycles. The first-order chi connectivity index (χ1) is 31.6. The number of benzene rings is 4. The van der Waals surface area contributed by atoms with Crippen molar-refractivity contribution in [3.63, 3.8) is 0 Å². The van der Waals surface area contributed by atoms with Crippen molar-refractivity contribution in [2.24, 2.45) is 0 Å². The predicted octanol–water partition coefficient (Wildman–Crippen LogP) is 11.4. The third kappa shape index (κ3) is 29.3.